The molecule has 0 unspecified atom stereocenters. The van der Waals surface area contributed by atoms with Gasteiger partial charge in [0.1, 0.15) is 17.0 Å². The number of hydrogen-bond acceptors (Lipinski definition) is 4. The van der Waals surface area contributed by atoms with E-state index < -0.39 is 0 Å². The second-order valence-corrected chi connectivity index (χ2v) is 4.52. The van der Waals surface area contributed by atoms with E-state index in [-0.39, 0.29) is 5.56 Å². The summed E-state index contributed by atoms with van der Waals surface area (Å²) in [7, 11) is 0. The van der Waals surface area contributed by atoms with Gasteiger partial charge in [-0.3, -0.25) is 14.2 Å². The molecule has 0 radical (unpaired) electrons. The number of nitrogens with one attached hydrogen (secondary N) is 1. The molecular weight excluding hydrogens is 264 g/mol. The van der Waals surface area contributed by atoms with E-state index in [1.165, 1.54) is 10.6 Å². The maximum atomic E-state index is 12.6. The highest BCUT2D eigenvalue weighted by molar-refractivity contribution is 5.86. The second-order valence-electron chi connectivity index (χ2n) is 4.52. The van der Waals surface area contributed by atoms with Crippen LogP contribution in [0.4, 0.5) is 5.82 Å². The molecule has 0 amide bonds. The monoisotopic (exact) mass is 282 g/mol. The summed E-state index contributed by atoms with van der Waals surface area (Å²) < 4.78 is 1.53. The Kier molecular flexibility index (Phi) is 4.66. The average Bonchev–Trinajstić information content (AvgIpc) is 2.49. The van der Waals surface area contributed by atoms with E-state index in [0.29, 0.717) is 30.1 Å². The third kappa shape index (κ3) is 3.08. The maximum Gasteiger partial charge on any atom is 0.268 e. The van der Waals surface area contributed by atoms with Gasteiger partial charge in [0.25, 0.3) is 5.56 Å². The van der Waals surface area contributed by atoms with Gasteiger partial charge in [0.05, 0.1) is 6.54 Å². The van der Waals surface area contributed by atoms with E-state index in [4.69, 9.17) is 0 Å². The van der Waals surface area contributed by atoms with Gasteiger partial charge in [-0.1, -0.05) is 18.2 Å². The van der Waals surface area contributed by atoms with Crippen molar-refractivity contribution >= 4 is 17.7 Å². The summed E-state index contributed by atoms with van der Waals surface area (Å²) in [6.45, 7) is 10.2. The molecule has 0 bridgehead atoms. The standard InChI is InChI=1S/C16H18N4O/c1-4-8-17-11-13-14(18-9-5-2)19-15-12(3)7-6-10-20(15)16(13)21/h4-7,10-11,18H,1-2,8-9H2,3H3. The molecule has 0 atom stereocenters. The van der Waals surface area contributed by atoms with Crippen molar-refractivity contribution in [3.05, 3.63) is 65.1 Å². The molecule has 1 N–H and O–H groups in total. The van der Waals surface area contributed by atoms with Crippen LogP contribution in [0.3, 0.4) is 0 Å². The van der Waals surface area contributed by atoms with Gasteiger partial charge in [0.15, 0.2) is 0 Å². The molecule has 108 valence electrons. The molecule has 0 aliphatic carbocycles. The van der Waals surface area contributed by atoms with E-state index >= 15 is 0 Å². The molecule has 0 saturated carbocycles. The Balaban J connectivity index is 2.67. The normalized spacial score (nSPS) is 10.9. The van der Waals surface area contributed by atoms with Crippen LogP contribution in [0, 0.1) is 6.92 Å². The fourth-order valence-electron chi connectivity index (χ4n) is 1.95. The number of aliphatic imine (C=N–C) groups is 1. The van der Waals surface area contributed by atoms with Gasteiger partial charge in [-0.2, -0.15) is 0 Å². The van der Waals surface area contributed by atoms with Gasteiger partial charge in [-0.05, 0) is 18.6 Å². The Morgan fingerprint density at radius 2 is 2.24 bits per heavy atom. The predicted molar refractivity (Wildman–Crippen MR) is 87.5 cm³/mol. The maximum absolute atomic E-state index is 12.6. The minimum atomic E-state index is -0.150. The van der Waals surface area contributed by atoms with Crippen molar-refractivity contribution < 1.29 is 0 Å². The van der Waals surface area contributed by atoms with Gasteiger partial charge in [-0.25, -0.2) is 4.98 Å². The van der Waals surface area contributed by atoms with E-state index in [0.717, 1.165) is 5.56 Å². The van der Waals surface area contributed by atoms with Crippen molar-refractivity contribution in [2.45, 2.75) is 6.92 Å². The van der Waals surface area contributed by atoms with Crippen LogP contribution < -0.4 is 10.9 Å². The largest absolute Gasteiger partial charge is 0.366 e. The smallest absolute Gasteiger partial charge is 0.268 e. The van der Waals surface area contributed by atoms with Crippen molar-refractivity contribution in [3.8, 4) is 0 Å². The minimum Gasteiger partial charge on any atom is -0.366 e. The van der Waals surface area contributed by atoms with Crippen LogP contribution in [-0.2, 0) is 0 Å². The Morgan fingerprint density at radius 1 is 1.43 bits per heavy atom. The van der Waals surface area contributed by atoms with Gasteiger partial charge < -0.3 is 5.32 Å². The van der Waals surface area contributed by atoms with Gasteiger partial charge >= 0.3 is 0 Å². The molecule has 21 heavy (non-hydrogen) atoms. The molecule has 0 aromatic carbocycles. The van der Waals surface area contributed by atoms with Gasteiger partial charge in [0, 0.05) is 19.0 Å². The van der Waals surface area contributed by atoms with Crippen molar-refractivity contribution in [1.29, 1.82) is 0 Å². The molecule has 0 aliphatic heterocycles. The molecular formula is C16H18N4O. The molecule has 0 fully saturated rings. The SMILES string of the molecule is C=CCN=Cc1c(NCC=C)nc2c(C)cccn2c1=O. The summed E-state index contributed by atoms with van der Waals surface area (Å²) in [5, 5.41) is 3.09. The van der Waals surface area contributed by atoms with Crippen LogP contribution in [0.25, 0.3) is 5.65 Å². The lowest BCUT2D eigenvalue weighted by Gasteiger charge is -2.10. The second kappa shape index (κ2) is 6.65. The third-order valence-corrected chi connectivity index (χ3v) is 2.95. The summed E-state index contributed by atoms with van der Waals surface area (Å²) in [6, 6.07) is 3.75. The number of anilines is 1. The molecule has 5 heteroatoms. The summed E-state index contributed by atoms with van der Waals surface area (Å²) in [4.78, 5) is 21.3. The molecule has 0 aliphatic rings. The average molecular weight is 282 g/mol. The number of hydrogen-bond donors (Lipinski definition) is 1. The molecule has 0 saturated heterocycles. The van der Waals surface area contributed by atoms with Gasteiger partial charge in [0.2, 0.25) is 0 Å². The number of aromatic nitrogens is 2. The zero-order valence-corrected chi connectivity index (χ0v) is 12.0. The number of rotatable bonds is 6. The fourth-order valence-corrected chi connectivity index (χ4v) is 1.95. The van der Waals surface area contributed by atoms with E-state index in [2.05, 4.69) is 28.5 Å². The quantitative estimate of drug-likeness (QED) is 0.653. The highest BCUT2D eigenvalue weighted by atomic mass is 16.1. The highest BCUT2D eigenvalue weighted by Gasteiger charge is 2.11. The predicted octanol–water partition coefficient (Wildman–Crippen LogP) is 2.21. The third-order valence-electron chi connectivity index (χ3n) is 2.95. The zero-order chi connectivity index (χ0) is 15.2. The fraction of sp³-hybridized carbons (Fsp3) is 0.188. The first-order chi connectivity index (χ1) is 10.2. The topological polar surface area (TPSA) is 58.8 Å². The molecule has 0 spiro atoms. The Labute approximate surface area is 123 Å². The van der Waals surface area contributed by atoms with Crippen LogP contribution in [0.5, 0.6) is 0 Å². The lowest BCUT2D eigenvalue weighted by atomic mass is 10.2. The Hall–Kier alpha value is -2.69. The lowest BCUT2D eigenvalue weighted by Crippen LogP contribution is -2.23. The van der Waals surface area contributed by atoms with Crippen molar-refractivity contribution in [2.75, 3.05) is 18.4 Å². The lowest BCUT2D eigenvalue weighted by molar-refractivity contribution is 1.02. The van der Waals surface area contributed by atoms with E-state index in [9.17, 15) is 4.79 Å². The molecule has 2 aromatic heterocycles. The summed E-state index contributed by atoms with van der Waals surface area (Å²) in [5.74, 6) is 0.516. The molecule has 5 nitrogen and oxygen atoms in total. The summed E-state index contributed by atoms with van der Waals surface area (Å²) in [6.07, 6.45) is 6.63. The van der Waals surface area contributed by atoms with Crippen molar-refractivity contribution in [2.24, 2.45) is 4.99 Å². The Bertz CT molecular complexity index is 759. The van der Waals surface area contributed by atoms with Crippen LogP contribution >= 0.6 is 0 Å². The van der Waals surface area contributed by atoms with Gasteiger partial charge in [-0.15, -0.1) is 13.2 Å². The first-order valence-electron chi connectivity index (χ1n) is 6.66. The molecule has 2 aromatic rings. The number of nitrogens with zero attached hydrogens (tertiary/aromatic N) is 3. The van der Waals surface area contributed by atoms with Crippen LogP contribution in [0.15, 0.2) is 53.4 Å². The summed E-state index contributed by atoms with van der Waals surface area (Å²) in [5.41, 5.74) is 1.85. The number of pyridine rings is 1. The number of aryl methyl sites for hydroxylation is 1. The summed E-state index contributed by atoms with van der Waals surface area (Å²) >= 11 is 0. The molecule has 2 heterocycles. The minimum absolute atomic E-state index is 0.150. The van der Waals surface area contributed by atoms with Crippen molar-refractivity contribution in [3.63, 3.8) is 0 Å². The number of fused-ring (bicyclic) bond motifs is 1. The van der Waals surface area contributed by atoms with E-state index in [1.54, 1.807) is 18.3 Å². The van der Waals surface area contributed by atoms with Crippen LogP contribution in [0.1, 0.15) is 11.1 Å². The van der Waals surface area contributed by atoms with E-state index in [1.807, 2.05) is 19.1 Å². The molecule has 2 rings (SSSR count). The van der Waals surface area contributed by atoms with Crippen LogP contribution in [0.2, 0.25) is 0 Å². The first kappa shape index (κ1) is 14.7. The first-order valence-corrected chi connectivity index (χ1v) is 6.66. The van der Waals surface area contributed by atoms with Crippen LogP contribution in [-0.4, -0.2) is 28.7 Å². The Morgan fingerprint density at radius 3 is 2.95 bits per heavy atom. The van der Waals surface area contributed by atoms with Crippen molar-refractivity contribution in [1.82, 2.24) is 9.38 Å². The highest BCUT2D eigenvalue weighted by Crippen LogP contribution is 2.12. The zero-order valence-electron chi connectivity index (χ0n) is 12.0.